The highest BCUT2D eigenvalue weighted by Gasteiger charge is 2.31. The number of rotatable bonds is 6. The molecule has 1 aliphatic heterocycles. The molecule has 7 nitrogen and oxygen atoms in total. The van der Waals surface area contributed by atoms with Crippen LogP contribution in [0.25, 0.3) is 0 Å². The second-order valence-corrected chi connectivity index (χ2v) is 9.46. The van der Waals surface area contributed by atoms with E-state index in [1.165, 1.54) is 34.6 Å². The number of nitrogens with zero attached hydrogens (tertiary/aromatic N) is 3. The van der Waals surface area contributed by atoms with Crippen LogP contribution in [0.3, 0.4) is 0 Å². The third kappa shape index (κ3) is 4.49. The van der Waals surface area contributed by atoms with Crippen molar-refractivity contribution in [2.75, 3.05) is 9.21 Å². The molecule has 0 aliphatic carbocycles. The van der Waals surface area contributed by atoms with Crippen LogP contribution in [0.5, 0.6) is 0 Å². The van der Waals surface area contributed by atoms with Gasteiger partial charge < -0.3 is 0 Å². The molecule has 0 N–H and O–H groups in total. The lowest BCUT2D eigenvalue weighted by molar-refractivity contribution is -0.129. The third-order valence-electron chi connectivity index (χ3n) is 5.41. The van der Waals surface area contributed by atoms with Gasteiger partial charge in [0.05, 0.1) is 28.4 Å². The summed E-state index contributed by atoms with van der Waals surface area (Å²) in [7, 11) is -3.96. The average Bonchev–Trinajstić information content (AvgIpc) is 2.84. The third-order valence-corrected chi connectivity index (χ3v) is 7.20. The maximum atomic E-state index is 13.6. The Morgan fingerprint density at radius 2 is 1.48 bits per heavy atom. The van der Waals surface area contributed by atoms with Gasteiger partial charge in [0.2, 0.25) is 11.8 Å². The van der Waals surface area contributed by atoms with E-state index >= 15 is 0 Å². The van der Waals surface area contributed by atoms with Crippen LogP contribution in [0.4, 0.5) is 11.4 Å². The van der Waals surface area contributed by atoms with E-state index in [1.54, 1.807) is 18.2 Å². The molecule has 0 aromatic heterocycles. The number of imide groups is 1. The number of nitriles is 1. The molecule has 33 heavy (non-hydrogen) atoms. The molecule has 0 spiro atoms. The van der Waals surface area contributed by atoms with Crippen LogP contribution in [0, 0.1) is 11.3 Å². The average molecular weight is 460 g/mol. The second-order valence-electron chi connectivity index (χ2n) is 7.60. The fourth-order valence-corrected chi connectivity index (χ4v) is 5.24. The van der Waals surface area contributed by atoms with Gasteiger partial charge in [0.15, 0.2) is 0 Å². The monoisotopic (exact) mass is 459 g/mol. The van der Waals surface area contributed by atoms with Crippen molar-refractivity contribution in [1.82, 2.24) is 0 Å². The van der Waals surface area contributed by atoms with Gasteiger partial charge in [0.1, 0.15) is 6.07 Å². The molecule has 0 saturated carbocycles. The lowest BCUT2D eigenvalue weighted by Crippen LogP contribution is -2.40. The first-order valence-electron chi connectivity index (χ1n) is 10.4. The fourth-order valence-electron chi connectivity index (χ4n) is 3.77. The highest BCUT2D eigenvalue weighted by molar-refractivity contribution is 7.92. The Bertz CT molecular complexity index is 1320. The second kappa shape index (κ2) is 9.27. The summed E-state index contributed by atoms with van der Waals surface area (Å²) >= 11 is 0. The van der Waals surface area contributed by atoms with Crippen molar-refractivity contribution >= 4 is 33.2 Å². The maximum absolute atomic E-state index is 13.6. The molecule has 0 unspecified atom stereocenters. The molecular weight excluding hydrogens is 438 g/mol. The number of carbonyl (C=O) groups excluding carboxylic acids is 2. The van der Waals surface area contributed by atoms with Gasteiger partial charge in [0.25, 0.3) is 10.0 Å². The van der Waals surface area contributed by atoms with Gasteiger partial charge in [-0.05, 0) is 42.3 Å². The number of carbonyl (C=O) groups is 2. The Labute approximate surface area is 192 Å². The van der Waals surface area contributed by atoms with Crippen LogP contribution >= 0.6 is 0 Å². The van der Waals surface area contributed by atoms with E-state index in [0.717, 1.165) is 10.5 Å². The minimum Gasteiger partial charge on any atom is -0.274 e. The van der Waals surface area contributed by atoms with Crippen molar-refractivity contribution in [3.63, 3.8) is 0 Å². The molecule has 0 radical (unpaired) electrons. The molecule has 2 amide bonds. The molecule has 3 aromatic carbocycles. The van der Waals surface area contributed by atoms with Crippen molar-refractivity contribution < 1.29 is 18.0 Å². The zero-order valence-corrected chi connectivity index (χ0v) is 18.5. The predicted molar refractivity (Wildman–Crippen MR) is 124 cm³/mol. The number of hydrogen-bond acceptors (Lipinski definition) is 5. The van der Waals surface area contributed by atoms with E-state index < -0.39 is 10.0 Å². The van der Waals surface area contributed by atoms with Crippen molar-refractivity contribution in [2.24, 2.45) is 0 Å². The summed E-state index contributed by atoms with van der Waals surface area (Å²) in [4.78, 5) is 25.9. The zero-order chi connectivity index (χ0) is 23.4. The molecule has 0 atom stereocenters. The van der Waals surface area contributed by atoms with E-state index in [1.807, 2.05) is 36.4 Å². The van der Waals surface area contributed by atoms with E-state index in [4.69, 9.17) is 0 Å². The number of hydrogen-bond donors (Lipinski definition) is 0. The quantitative estimate of drug-likeness (QED) is 0.519. The van der Waals surface area contributed by atoms with Crippen LogP contribution in [-0.2, 0) is 26.2 Å². The maximum Gasteiger partial charge on any atom is 0.264 e. The Kier molecular flexibility index (Phi) is 6.24. The van der Waals surface area contributed by atoms with E-state index in [-0.39, 0.29) is 53.0 Å². The summed E-state index contributed by atoms with van der Waals surface area (Å²) in [5.74, 6) is -0.734. The minimum atomic E-state index is -3.96. The molecule has 0 bridgehead atoms. The largest absolute Gasteiger partial charge is 0.274 e. The molecule has 1 heterocycles. The van der Waals surface area contributed by atoms with Crippen molar-refractivity contribution in [2.45, 2.75) is 30.7 Å². The summed E-state index contributed by atoms with van der Waals surface area (Å²) in [6, 6.07) is 23.6. The van der Waals surface area contributed by atoms with Gasteiger partial charge in [-0.2, -0.15) is 5.26 Å². The normalized spacial score (nSPS) is 14.1. The Morgan fingerprint density at radius 1 is 0.879 bits per heavy atom. The molecule has 1 aliphatic rings. The number of amides is 2. The standard InChI is InChI=1S/C25H21N3O4S/c26-17-20-16-21(14-15-23(20)28-24(29)12-7-13-25(28)30)27(18-19-8-3-1-4-9-19)33(31,32)22-10-5-2-6-11-22/h1-6,8-11,14-16H,7,12-13,18H2. The van der Waals surface area contributed by atoms with E-state index in [2.05, 4.69) is 0 Å². The molecule has 166 valence electrons. The molecular formula is C25H21N3O4S. The van der Waals surface area contributed by atoms with E-state index in [9.17, 15) is 23.3 Å². The smallest absolute Gasteiger partial charge is 0.264 e. The van der Waals surface area contributed by atoms with Crippen LogP contribution in [-0.4, -0.2) is 20.2 Å². The lowest BCUT2D eigenvalue weighted by Gasteiger charge is -2.28. The van der Waals surface area contributed by atoms with Crippen LogP contribution in [0.2, 0.25) is 0 Å². The van der Waals surface area contributed by atoms with Crippen molar-refractivity contribution in [3.8, 4) is 6.07 Å². The van der Waals surface area contributed by atoms with E-state index in [0.29, 0.717) is 6.42 Å². The number of sulfonamides is 1. The van der Waals surface area contributed by atoms with Gasteiger partial charge in [-0.3, -0.25) is 13.9 Å². The number of piperidine rings is 1. The van der Waals surface area contributed by atoms with Crippen LogP contribution in [0.15, 0.2) is 83.8 Å². The van der Waals surface area contributed by atoms with Crippen LogP contribution in [0.1, 0.15) is 30.4 Å². The Morgan fingerprint density at radius 3 is 2.09 bits per heavy atom. The predicted octanol–water partition coefficient (Wildman–Crippen LogP) is 4.00. The highest BCUT2D eigenvalue weighted by Crippen LogP contribution is 2.32. The topological polar surface area (TPSA) is 98.5 Å². The van der Waals surface area contributed by atoms with Gasteiger partial charge >= 0.3 is 0 Å². The first-order chi connectivity index (χ1) is 15.9. The number of benzene rings is 3. The molecule has 4 rings (SSSR count). The SMILES string of the molecule is N#Cc1cc(N(Cc2ccccc2)S(=O)(=O)c2ccccc2)ccc1N1C(=O)CCCC1=O. The van der Waals surface area contributed by atoms with Crippen molar-refractivity contribution in [1.29, 1.82) is 5.26 Å². The lowest BCUT2D eigenvalue weighted by atomic mass is 10.1. The summed E-state index contributed by atoms with van der Waals surface area (Å²) in [6.45, 7) is 0.0455. The van der Waals surface area contributed by atoms with Gasteiger partial charge in [-0.25, -0.2) is 13.3 Å². The van der Waals surface area contributed by atoms with Crippen molar-refractivity contribution in [3.05, 3.63) is 90.0 Å². The molecule has 8 heteroatoms. The summed E-state index contributed by atoms with van der Waals surface area (Å²) < 4.78 is 28.3. The molecule has 1 saturated heterocycles. The minimum absolute atomic E-state index is 0.0455. The zero-order valence-electron chi connectivity index (χ0n) is 17.7. The van der Waals surface area contributed by atoms with Crippen LogP contribution < -0.4 is 9.21 Å². The Balaban J connectivity index is 1.81. The summed E-state index contributed by atoms with van der Waals surface area (Å²) in [6.07, 6.45) is 0.927. The highest BCUT2D eigenvalue weighted by atomic mass is 32.2. The first-order valence-corrected chi connectivity index (χ1v) is 11.9. The van der Waals surface area contributed by atoms with Gasteiger partial charge in [-0.1, -0.05) is 48.5 Å². The van der Waals surface area contributed by atoms with Gasteiger partial charge in [-0.15, -0.1) is 0 Å². The fraction of sp³-hybridized carbons (Fsp3) is 0.160. The Hall–Kier alpha value is -3.96. The summed E-state index contributed by atoms with van der Waals surface area (Å²) in [5.41, 5.74) is 1.26. The number of anilines is 2. The first kappa shape index (κ1) is 22.2. The molecule has 1 fully saturated rings. The van der Waals surface area contributed by atoms with Gasteiger partial charge in [0, 0.05) is 12.8 Å². The summed E-state index contributed by atoms with van der Waals surface area (Å²) in [5, 5.41) is 9.77. The molecule has 3 aromatic rings.